The molecule has 0 saturated carbocycles. The number of hydrogen-bond donors (Lipinski definition) is 2. The molecular formula is C17H16N6O5S2. The highest BCUT2D eigenvalue weighted by atomic mass is 32.2. The van der Waals surface area contributed by atoms with Crippen LogP contribution in [0.25, 0.3) is 0 Å². The third-order valence-corrected chi connectivity index (χ3v) is 5.81. The number of hydrogen-bond acceptors (Lipinski definition) is 10. The number of anilines is 2. The second-order valence-corrected chi connectivity index (χ2v) is 8.16. The third kappa shape index (κ3) is 4.46. The van der Waals surface area contributed by atoms with Gasteiger partial charge in [-0.3, -0.25) is 19.6 Å². The fraction of sp³-hybridized carbons (Fsp3) is 0.235. The van der Waals surface area contributed by atoms with Crippen LogP contribution in [0.3, 0.4) is 0 Å². The number of benzene rings is 1. The fourth-order valence-electron chi connectivity index (χ4n) is 2.56. The third-order valence-electron chi connectivity index (χ3n) is 3.84. The molecule has 1 aromatic carbocycles. The van der Waals surface area contributed by atoms with E-state index in [9.17, 15) is 9.59 Å². The Morgan fingerprint density at radius 1 is 1.27 bits per heavy atom. The zero-order valence-electron chi connectivity index (χ0n) is 15.9. The molecule has 1 aliphatic rings. The first-order valence-electron chi connectivity index (χ1n) is 8.56. The van der Waals surface area contributed by atoms with E-state index in [1.165, 1.54) is 23.6 Å². The molecule has 0 unspecified atom stereocenters. The summed E-state index contributed by atoms with van der Waals surface area (Å²) in [6, 6.07) is 5.18. The summed E-state index contributed by atoms with van der Waals surface area (Å²) in [4.78, 5) is 24.6. The quantitative estimate of drug-likeness (QED) is 0.412. The number of carbonyl (C=O) groups excluding carboxylic acids is 2. The average Bonchev–Trinajstić information content (AvgIpc) is 3.45. The molecule has 30 heavy (non-hydrogen) atoms. The van der Waals surface area contributed by atoms with E-state index in [0.29, 0.717) is 26.7 Å². The second-order valence-electron chi connectivity index (χ2n) is 5.96. The molecule has 2 N–H and O–H groups in total. The van der Waals surface area contributed by atoms with Crippen LogP contribution in [-0.2, 0) is 11.8 Å². The van der Waals surface area contributed by atoms with Gasteiger partial charge in [0.15, 0.2) is 15.8 Å². The molecule has 13 heteroatoms. The smallest absolute Gasteiger partial charge is 0.264 e. The minimum absolute atomic E-state index is 0.132. The highest BCUT2D eigenvalue weighted by Gasteiger charge is 2.19. The lowest BCUT2D eigenvalue weighted by Gasteiger charge is -2.05. The Labute approximate surface area is 178 Å². The standard InChI is InChI=1S/C17H16N6O5S2/c1-23-6-10(15(22-23)26-2)14(25)19-16-20-21-17(30-16)29-7-13(24)18-9-3-4-11-12(5-9)28-8-27-11/h3-6H,7-8H2,1-2H3,(H,18,24)(H,19,20,25). The Bertz CT molecular complexity index is 1100. The van der Waals surface area contributed by atoms with Crippen molar-refractivity contribution >= 4 is 45.7 Å². The van der Waals surface area contributed by atoms with E-state index in [-0.39, 0.29) is 29.9 Å². The summed E-state index contributed by atoms with van der Waals surface area (Å²) >= 11 is 2.38. The van der Waals surface area contributed by atoms with E-state index in [4.69, 9.17) is 14.2 Å². The fourth-order valence-corrected chi connectivity index (χ4v) is 4.10. The molecule has 0 fully saturated rings. The number of nitrogens with one attached hydrogen (secondary N) is 2. The maximum Gasteiger partial charge on any atom is 0.264 e. The highest BCUT2D eigenvalue weighted by molar-refractivity contribution is 8.01. The molecule has 0 saturated heterocycles. The minimum Gasteiger partial charge on any atom is -0.479 e. The van der Waals surface area contributed by atoms with Gasteiger partial charge in [0, 0.05) is 25.0 Å². The number of carbonyl (C=O) groups is 2. The Morgan fingerprint density at radius 3 is 2.93 bits per heavy atom. The number of ether oxygens (including phenoxy) is 3. The van der Waals surface area contributed by atoms with Crippen LogP contribution in [-0.4, -0.2) is 51.4 Å². The maximum atomic E-state index is 12.4. The van der Waals surface area contributed by atoms with E-state index in [0.717, 1.165) is 11.3 Å². The summed E-state index contributed by atoms with van der Waals surface area (Å²) in [6.45, 7) is 0.173. The van der Waals surface area contributed by atoms with Crippen molar-refractivity contribution in [2.24, 2.45) is 7.05 Å². The number of thioether (sulfide) groups is 1. The monoisotopic (exact) mass is 448 g/mol. The van der Waals surface area contributed by atoms with Crippen molar-refractivity contribution in [3.63, 3.8) is 0 Å². The summed E-state index contributed by atoms with van der Waals surface area (Å²) in [5, 5.41) is 17.7. The van der Waals surface area contributed by atoms with E-state index in [1.807, 2.05) is 0 Å². The van der Waals surface area contributed by atoms with E-state index < -0.39 is 5.91 Å². The SMILES string of the molecule is COc1nn(C)cc1C(=O)Nc1nnc(SCC(=O)Nc2ccc3c(c2)OCO3)s1. The number of nitrogens with zero attached hydrogens (tertiary/aromatic N) is 4. The number of aryl methyl sites for hydroxylation is 1. The predicted octanol–water partition coefficient (Wildman–Crippen LogP) is 1.99. The van der Waals surface area contributed by atoms with Crippen molar-refractivity contribution in [2.75, 3.05) is 30.3 Å². The molecule has 2 amide bonds. The Hall–Kier alpha value is -3.32. The van der Waals surface area contributed by atoms with Crippen molar-refractivity contribution in [3.05, 3.63) is 30.0 Å². The molecule has 0 spiro atoms. The van der Waals surface area contributed by atoms with Crippen LogP contribution in [0.4, 0.5) is 10.8 Å². The van der Waals surface area contributed by atoms with Gasteiger partial charge in [0.05, 0.1) is 12.9 Å². The summed E-state index contributed by atoms with van der Waals surface area (Å²) in [5.41, 5.74) is 0.896. The molecule has 156 valence electrons. The van der Waals surface area contributed by atoms with Gasteiger partial charge >= 0.3 is 0 Å². The van der Waals surface area contributed by atoms with Gasteiger partial charge in [0.25, 0.3) is 5.91 Å². The Balaban J connectivity index is 1.30. The van der Waals surface area contributed by atoms with Crippen LogP contribution in [0.2, 0.25) is 0 Å². The second kappa shape index (κ2) is 8.59. The topological polar surface area (TPSA) is 129 Å². The van der Waals surface area contributed by atoms with Gasteiger partial charge in [-0.15, -0.1) is 15.3 Å². The van der Waals surface area contributed by atoms with E-state index >= 15 is 0 Å². The van der Waals surface area contributed by atoms with E-state index in [1.54, 1.807) is 31.4 Å². The van der Waals surface area contributed by atoms with Crippen LogP contribution in [0.15, 0.2) is 28.7 Å². The van der Waals surface area contributed by atoms with Crippen molar-refractivity contribution in [1.82, 2.24) is 20.0 Å². The van der Waals surface area contributed by atoms with Crippen LogP contribution in [0, 0.1) is 0 Å². The molecule has 0 atom stereocenters. The Morgan fingerprint density at radius 2 is 2.10 bits per heavy atom. The normalized spacial score (nSPS) is 11.9. The lowest BCUT2D eigenvalue weighted by Crippen LogP contribution is -2.13. The number of rotatable bonds is 7. The number of fused-ring (bicyclic) bond motifs is 1. The zero-order valence-corrected chi connectivity index (χ0v) is 17.5. The van der Waals surface area contributed by atoms with Gasteiger partial charge in [0.2, 0.25) is 23.7 Å². The first-order valence-corrected chi connectivity index (χ1v) is 10.4. The summed E-state index contributed by atoms with van der Waals surface area (Å²) in [5.74, 6) is 0.972. The maximum absolute atomic E-state index is 12.4. The molecule has 4 rings (SSSR count). The largest absolute Gasteiger partial charge is 0.479 e. The molecule has 0 radical (unpaired) electrons. The first-order chi connectivity index (χ1) is 14.5. The molecular weight excluding hydrogens is 432 g/mol. The van der Waals surface area contributed by atoms with Crippen molar-refractivity contribution in [1.29, 1.82) is 0 Å². The lowest BCUT2D eigenvalue weighted by atomic mass is 10.3. The van der Waals surface area contributed by atoms with Gasteiger partial charge in [-0.05, 0) is 12.1 Å². The van der Waals surface area contributed by atoms with Gasteiger partial charge in [0.1, 0.15) is 5.56 Å². The van der Waals surface area contributed by atoms with Crippen LogP contribution >= 0.6 is 23.1 Å². The molecule has 2 aromatic heterocycles. The highest BCUT2D eigenvalue weighted by Crippen LogP contribution is 2.34. The summed E-state index contributed by atoms with van der Waals surface area (Å²) in [6.07, 6.45) is 1.55. The molecule has 3 heterocycles. The number of amides is 2. The summed E-state index contributed by atoms with van der Waals surface area (Å²) in [7, 11) is 3.13. The first kappa shape index (κ1) is 20.0. The van der Waals surface area contributed by atoms with Gasteiger partial charge in [-0.2, -0.15) is 0 Å². The van der Waals surface area contributed by atoms with Crippen molar-refractivity contribution in [3.8, 4) is 17.4 Å². The van der Waals surface area contributed by atoms with Crippen LogP contribution < -0.4 is 24.8 Å². The number of aromatic nitrogens is 4. The molecule has 11 nitrogen and oxygen atoms in total. The zero-order chi connectivity index (χ0) is 21.1. The van der Waals surface area contributed by atoms with Crippen molar-refractivity contribution in [2.45, 2.75) is 4.34 Å². The summed E-state index contributed by atoms with van der Waals surface area (Å²) < 4.78 is 17.6. The van der Waals surface area contributed by atoms with Crippen molar-refractivity contribution < 1.29 is 23.8 Å². The molecule has 0 bridgehead atoms. The van der Waals surface area contributed by atoms with Gasteiger partial charge in [-0.1, -0.05) is 23.1 Å². The van der Waals surface area contributed by atoms with Gasteiger partial charge in [-0.25, -0.2) is 0 Å². The predicted molar refractivity (Wildman–Crippen MR) is 110 cm³/mol. The van der Waals surface area contributed by atoms with Crippen LogP contribution in [0.1, 0.15) is 10.4 Å². The molecule has 0 aliphatic carbocycles. The van der Waals surface area contributed by atoms with Crippen LogP contribution in [0.5, 0.6) is 17.4 Å². The number of methoxy groups -OCH3 is 1. The molecule has 3 aromatic rings. The average molecular weight is 448 g/mol. The van der Waals surface area contributed by atoms with E-state index in [2.05, 4.69) is 25.9 Å². The minimum atomic E-state index is -0.409. The Kier molecular flexibility index (Phi) is 5.72. The molecule has 1 aliphatic heterocycles. The lowest BCUT2D eigenvalue weighted by molar-refractivity contribution is -0.113. The van der Waals surface area contributed by atoms with Gasteiger partial charge < -0.3 is 19.5 Å².